The predicted molar refractivity (Wildman–Crippen MR) is 69.5 cm³/mol. The summed E-state index contributed by atoms with van der Waals surface area (Å²) < 4.78 is 0. The highest BCUT2D eigenvalue weighted by molar-refractivity contribution is 5.05. The van der Waals surface area contributed by atoms with Gasteiger partial charge in [-0.25, -0.2) is 0 Å². The average molecular weight is 233 g/mol. The molecular formula is C15H25N2. The number of nitrogens with zero attached hydrogens (tertiary/aromatic N) is 2. The van der Waals surface area contributed by atoms with Crippen LogP contribution in [0.2, 0.25) is 0 Å². The van der Waals surface area contributed by atoms with E-state index < -0.39 is 0 Å². The monoisotopic (exact) mass is 233 g/mol. The summed E-state index contributed by atoms with van der Waals surface area (Å²) in [5.41, 5.74) is 0. The van der Waals surface area contributed by atoms with Crippen molar-refractivity contribution in [1.29, 1.82) is 0 Å². The predicted octanol–water partition coefficient (Wildman–Crippen LogP) is 2.51. The van der Waals surface area contributed by atoms with Crippen LogP contribution in [0.3, 0.4) is 0 Å². The van der Waals surface area contributed by atoms with E-state index in [9.17, 15) is 0 Å². The number of hydrogen-bond donors (Lipinski definition) is 0. The van der Waals surface area contributed by atoms with Crippen molar-refractivity contribution >= 4 is 0 Å². The van der Waals surface area contributed by atoms with Gasteiger partial charge in [0.2, 0.25) is 0 Å². The molecule has 1 radical (unpaired) electrons. The van der Waals surface area contributed by atoms with Gasteiger partial charge in [0.1, 0.15) is 0 Å². The standard InChI is InChI=1S/C15H25N2/c1-3-7-16-11-13-9-12(14(16)5-1)10-17-8-4-2-6-15(13)17/h10,12-15H,1-9,11H2/t12-,13-,14+,15-/m0/s1. The van der Waals surface area contributed by atoms with Gasteiger partial charge in [0.05, 0.1) is 0 Å². The summed E-state index contributed by atoms with van der Waals surface area (Å²) in [5.74, 6) is 1.88. The van der Waals surface area contributed by atoms with Crippen molar-refractivity contribution in [3.05, 3.63) is 6.54 Å². The van der Waals surface area contributed by atoms with E-state index in [1.807, 2.05) is 0 Å². The summed E-state index contributed by atoms with van der Waals surface area (Å²) in [5, 5.41) is 0. The average Bonchev–Trinajstić information content (AvgIpc) is 2.39. The summed E-state index contributed by atoms with van der Waals surface area (Å²) in [6.45, 7) is 6.81. The van der Waals surface area contributed by atoms with Crippen LogP contribution in [-0.4, -0.2) is 41.5 Å². The first kappa shape index (κ1) is 10.8. The molecule has 4 fully saturated rings. The van der Waals surface area contributed by atoms with E-state index in [4.69, 9.17) is 0 Å². The van der Waals surface area contributed by atoms with Gasteiger partial charge in [-0.2, -0.15) is 0 Å². The van der Waals surface area contributed by atoms with Gasteiger partial charge in [0, 0.05) is 25.2 Å². The third-order valence-electron chi connectivity index (χ3n) is 5.72. The van der Waals surface area contributed by atoms with Crippen molar-refractivity contribution in [2.24, 2.45) is 11.8 Å². The van der Waals surface area contributed by atoms with Crippen molar-refractivity contribution in [2.45, 2.75) is 57.0 Å². The van der Waals surface area contributed by atoms with E-state index in [1.54, 1.807) is 0 Å². The molecule has 4 aliphatic rings. The molecule has 0 aromatic carbocycles. The van der Waals surface area contributed by atoms with Crippen molar-refractivity contribution in [3.63, 3.8) is 0 Å². The highest BCUT2D eigenvalue weighted by Gasteiger charge is 2.46. The number of fused-ring (bicyclic) bond motifs is 6. The largest absolute Gasteiger partial charge is 0.300 e. The van der Waals surface area contributed by atoms with Crippen molar-refractivity contribution in [3.8, 4) is 0 Å². The Kier molecular flexibility index (Phi) is 2.69. The SMILES string of the molecule is [CH]1[C@@H]2C[C@@H](CN3CCCC[C@H]23)[C@@H]2CCCCN12. The van der Waals surface area contributed by atoms with Crippen LogP contribution in [0.1, 0.15) is 44.9 Å². The lowest BCUT2D eigenvalue weighted by Gasteiger charge is -2.56. The zero-order valence-electron chi connectivity index (χ0n) is 10.9. The molecule has 0 aromatic rings. The Morgan fingerprint density at radius 3 is 2.65 bits per heavy atom. The molecule has 2 nitrogen and oxygen atoms in total. The smallest absolute Gasteiger partial charge is 0.0301 e. The molecule has 0 saturated carbocycles. The van der Waals surface area contributed by atoms with Gasteiger partial charge in [-0.1, -0.05) is 12.8 Å². The minimum absolute atomic E-state index is 0.892. The molecule has 4 rings (SSSR count). The second kappa shape index (κ2) is 4.24. The van der Waals surface area contributed by atoms with E-state index in [-0.39, 0.29) is 0 Å². The molecule has 0 spiro atoms. The molecule has 17 heavy (non-hydrogen) atoms. The molecule has 0 unspecified atom stereocenters. The quantitative estimate of drug-likeness (QED) is 0.634. The minimum Gasteiger partial charge on any atom is -0.300 e. The van der Waals surface area contributed by atoms with Crippen LogP contribution in [0.5, 0.6) is 0 Å². The second-order valence-corrected chi connectivity index (χ2v) is 6.67. The van der Waals surface area contributed by atoms with Crippen molar-refractivity contribution < 1.29 is 0 Å². The molecular weight excluding hydrogens is 208 g/mol. The minimum atomic E-state index is 0.892. The number of piperidine rings is 4. The molecule has 4 saturated heterocycles. The van der Waals surface area contributed by atoms with Gasteiger partial charge in [-0.05, 0) is 57.0 Å². The summed E-state index contributed by atoms with van der Waals surface area (Å²) in [7, 11) is 0. The normalized spacial score (nSPS) is 47.3. The van der Waals surface area contributed by atoms with Crippen LogP contribution in [-0.2, 0) is 0 Å². The summed E-state index contributed by atoms with van der Waals surface area (Å²) in [4.78, 5) is 5.58. The zero-order valence-corrected chi connectivity index (χ0v) is 10.9. The molecule has 4 aliphatic heterocycles. The topological polar surface area (TPSA) is 6.48 Å². The van der Waals surface area contributed by atoms with E-state index in [2.05, 4.69) is 16.3 Å². The van der Waals surface area contributed by atoms with Gasteiger partial charge in [0.25, 0.3) is 0 Å². The maximum atomic E-state index is 2.84. The molecule has 0 aliphatic carbocycles. The molecule has 2 heteroatoms. The Bertz CT molecular complexity index is 263. The summed E-state index contributed by atoms with van der Waals surface area (Å²) in [6, 6.07) is 1.81. The molecule has 2 bridgehead atoms. The highest BCUT2D eigenvalue weighted by atomic mass is 15.3. The Hall–Kier alpha value is -0.0800. The fourth-order valence-corrected chi connectivity index (χ4v) is 4.97. The Morgan fingerprint density at radius 1 is 0.882 bits per heavy atom. The molecule has 0 amide bonds. The van der Waals surface area contributed by atoms with Crippen molar-refractivity contribution in [2.75, 3.05) is 19.6 Å². The summed E-state index contributed by atoms with van der Waals surface area (Å²) in [6.07, 6.45) is 10.3. The third-order valence-corrected chi connectivity index (χ3v) is 5.72. The first-order valence-electron chi connectivity index (χ1n) is 7.76. The maximum absolute atomic E-state index is 2.84. The fourth-order valence-electron chi connectivity index (χ4n) is 4.97. The first-order chi connectivity index (χ1) is 8.42. The van der Waals surface area contributed by atoms with Crippen LogP contribution in [0.15, 0.2) is 0 Å². The lowest BCUT2D eigenvalue weighted by Crippen LogP contribution is -2.61. The fraction of sp³-hybridized carbons (Fsp3) is 0.933. The molecule has 0 aromatic heterocycles. The van der Waals surface area contributed by atoms with E-state index in [0.717, 1.165) is 23.9 Å². The van der Waals surface area contributed by atoms with Gasteiger partial charge in [-0.3, -0.25) is 9.80 Å². The molecule has 4 heterocycles. The molecule has 95 valence electrons. The molecule has 0 N–H and O–H groups in total. The number of rotatable bonds is 0. The second-order valence-electron chi connectivity index (χ2n) is 6.67. The van der Waals surface area contributed by atoms with Crippen LogP contribution in [0, 0.1) is 18.4 Å². The Balaban J connectivity index is 1.56. The highest BCUT2D eigenvalue weighted by Crippen LogP contribution is 2.44. The van der Waals surface area contributed by atoms with Crippen molar-refractivity contribution in [1.82, 2.24) is 9.80 Å². The van der Waals surface area contributed by atoms with Gasteiger partial charge in [0.15, 0.2) is 0 Å². The zero-order chi connectivity index (χ0) is 11.2. The van der Waals surface area contributed by atoms with Crippen LogP contribution in [0.25, 0.3) is 0 Å². The summed E-state index contributed by atoms with van der Waals surface area (Å²) >= 11 is 0. The van der Waals surface area contributed by atoms with E-state index in [1.165, 1.54) is 64.6 Å². The Labute approximate surface area is 105 Å². The van der Waals surface area contributed by atoms with Crippen LogP contribution in [0.4, 0.5) is 0 Å². The van der Waals surface area contributed by atoms with Gasteiger partial charge in [-0.15, -0.1) is 0 Å². The number of hydrogen-bond acceptors (Lipinski definition) is 2. The van der Waals surface area contributed by atoms with Gasteiger partial charge < -0.3 is 0 Å². The maximum Gasteiger partial charge on any atom is 0.0301 e. The Morgan fingerprint density at radius 2 is 1.71 bits per heavy atom. The van der Waals surface area contributed by atoms with E-state index >= 15 is 0 Å². The lowest BCUT2D eigenvalue weighted by molar-refractivity contribution is -0.0477. The van der Waals surface area contributed by atoms with Crippen LogP contribution < -0.4 is 0 Å². The lowest BCUT2D eigenvalue weighted by atomic mass is 9.71. The third kappa shape index (κ3) is 1.76. The van der Waals surface area contributed by atoms with Crippen LogP contribution >= 0.6 is 0 Å². The van der Waals surface area contributed by atoms with E-state index in [0.29, 0.717) is 0 Å². The first-order valence-corrected chi connectivity index (χ1v) is 7.76. The van der Waals surface area contributed by atoms with Gasteiger partial charge >= 0.3 is 0 Å². The molecule has 4 atom stereocenters.